The van der Waals surface area contributed by atoms with Gasteiger partial charge in [-0.05, 0) is 44.0 Å². The number of rotatable bonds is 6. The molecule has 2 fully saturated rings. The summed E-state index contributed by atoms with van der Waals surface area (Å²) >= 11 is 0. The number of anilines is 1. The lowest BCUT2D eigenvalue weighted by Gasteiger charge is -2.20. The van der Waals surface area contributed by atoms with Crippen molar-refractivity contribution in [1.29, 1.82) is 0 Å². The first-order chi connectivity index (χ1) is 11.6. The second-order valence-electron chi connectivity index (χ2n) is 6.06. The van der Waals surface area contributed by atoms with E-state index in [4.69, 9.17) is 9.47 Å². The van der Waals surface area contributed by atoms with Crippen molar-refractivity contribution < 1.29 is 19.1 Å². The number of hydrogen-bond donors (Lipinski definition) is 2. The van der Waals surface area contributed by atoms with E-state index in [1.54, 1.807) is 6.92 Å². The van der Waals surface area contributed by atoms with Gasteiger partial charge in [0.05, 0.1) is 6.10 Å². The summed E-state index contributed by atoms with van der Waals surface area (Å²) < 4.78 is 11.2. The number of carbonyl (C=O) groups excluding carboxylic acids is 2. The molecule has 24 heavy (non-hydrogen) atoms. The quantitative estimate of drug-likeness (QED) is 0.826. The van der Waals surface area contributed by atoms with E-state index in [0.717, 1.165) is 30.9 Å². The first kappa shape index (κ1) is 16.6. The molecule has 2 saturated heterocycles. The van der Waals surface area contributed by atoms with E-state index in [1.165, 1.54) is 4.90 Å². The second kappa shape index (κ2) is 7.53. The van der Waals surface area contributed by atoms with Crippen molar-refractivity contribution in [3.8, 4) is 5.75 Å². The predicted octanol–water partition coefficient (Wildman–Crippen LogP) is 1.60. The molecule has 1 aromatic carbocycles. The zero-order valence-corrected chi connectivity index (χ0v) is 13.8. The number of hydrogen-bond acceptors (Lipinski definition) is 5. The predicted molar refractivity (Wildman–Crippen MR) is 89.1 cm³/mol. The first-order valence-corrected chi connectivity index (χ1v) is 8.33. The highest BCUT2D eigenvalue weighted by molar-refractivity contribution is 5.99. The zero-order valence-electron chi connectivity index (χ0n) is 13.8. The molecule has 0 radical (unpaired) electrons. The number of carbonyl (C=O) groups is 2. The van der Waals surface area contributed by atoms with Gasteiger partial charge in [-0.15, -0.1) is 0 Å². The third kappa shape index (κ3) is 3.97. The average molecular weight is 333 g/mol. The van der Waals surface area contributed by atoms with Crippen LogP contribution < -0.4 is 15.4 Å². The van der Waals surface area contributed by atoms with E-state index in [2.05, 4.69) is 10.6 Å². The maximum absolute atomic E-state index is 12.2. The molecule has 7 nitrogen and oxygen atoms in total. The lowest BCUT2D eigenvalue weighted by atomic mass is 10.2. The summed E-state index contributed by atoms with van der Waals surface area (Å²) in [5.41, 5.74) is 0.805. The minimum absolute atomic E-state index is 0.187. The van der Waals surface area contributed by atoms with Crippen LogP contribution in [0.5, 0.6) is 5.75 Å². The third-order valence-electron chi connectivity index (χ3n) is 4.19. The minimum atomic E-state index is -0.479. The van der Waals surface area contributed by atoms with E-state index < -0.39 is 6.04 Å². The number of imide groups is 1. The molecular weight excluding hydrogens is 310 g/mol. The van der Waals surface area contributed by atoms with Crippen LogP contribution in [-0.2, 0) is 9.53 Å². The van der Waals surface area contributed by atoms with Crippen molar-refractivity contribution in [1.82, 2.24) is 10.2 Å². The van der Waals surface area contributed by atoms with E-state index in [0.29, 0.717) is 19.7 Å². The van der Waals surface area contributed by atoms with Crippen LogP contribution >= 0.6 is 0 Å². The smallest absolute Gasteiger partial charge is 0.324 e. The van der Waals surface area contributed by atoms with Crippen molar-refractivity contribution in [2.24, 2.45) is 0 Å². The van der Waals surface area contributed by atoms with Crippen LogP contribution in [0, 0.1) is 0 Å². The molecule has 7 heteroatoms. The Morgan fingerprint density at radius 3 is 2.88 bits per heavy atom. The van der Waals surface area contributed by atoms with E-state index in [1.807, 2.05) is 24.3 Å². The highest BCUT2D eigenvalue weighted by Gasteiger charge is 2.29. The number of urea groups is 1. The summed E-state index contributed by atoms with van der Waals surface area (Å²) in [5, 5.41) is 5.74. The minimum Gasteiger partial charge on any atom is -0.491 e. The van der Waals surface area contributed by atoms with Gasteiger partial charge in [-0.1, -0.05) is 0 Å². The van der Waals surface area contributed by atoms with Gasteiger partial charge in [-0.3, -0.25) is 9.69 Å². The maximum atomic E-state index is 12.2. The van der Waals surface area contributed by atoms with Crippen molar-refractivity contribution in [3.63, 3.8) is 0 Å². The Morgan fingerprint density at radius 1 is 1.46 bits per heavy atom. The van der Waals surface area contributed by atoms with Crippen LogP contribution in [0.4, 0.5) is 10.5 Å². The Balaban J connectivity index is 1.49. The summed E-state index contributed by atoms with van der Waals surface area (Å²) in [7, 11) is 0. The molecule has 2 atom stereocenters. The molecule has 0 aromatic heterocycles. The van der Waals surface area contributed by atoms with Crippen molar-refractivity contribution in [2.45, 2.75) is 31.9 Å². The average Bonchev–Trinajstić information content (AvgIpc) is 3.25. The Hall–Kier alpha value is -2.28. The van der Waals surface area contributed by atoms with E-state index in [-0.39, 0.29) is 18.0 Å². The standard InChI is InChI=1S/C17H23N3O4/c1-12(16(21)20-9-8-18-17(20)22)19-13-4-6-14(7-5-13)24-11-15-3-2-10-23-15/h4-7,12,15,19H,2-3,8-11H2,1H3,(H,18,22)/t12-,15+/m0/s1. The molecule has 0 saturated carbocycles. The lowest BCUT2D eigenvalue weighted by molar-refractivity contribution is -0.128. The van der Waals surface area contributed by atoms with Crippen molar-refractivity contribution >= 4 is 17.6 Å². The number of nitrogens with zero attached hydrogens (tertiary/aromatic N) is 1. The first-order valence-electron chi connectivity index (χ1n) is 8.33. The monoisotopic (exact) mass is 333 g/mol. The summed E-state index contributed by atoms with van der Waals surface area (Å²) in [5.74, 6) is 0.539. The fourth-order valence-corrected chi connectivity index (χ4v) is 2.84. The normalized spacial score (nSPS) is 21.5. The molecule has 2 aliphatic heterocycles. The number of amides is 3. The molecular formula is C17H23N3O4. The van der Waals surface area contributed by atoms with Gasteiger partial charge in [0.25, 0.3) is 5.91 Å². The largest absolute Gasteiger partial charge is 0.491 e. The lowest BCUT2D eigenvalue weighted by Crippen LogP contribution is -2.43. The van der Waals surface area contributed by atoms with Crippen LogP contribution in [0.25, 0.3) is 0 Å². The second-order valence-corrected chi connectivity index (χ2v) is 6.06. The zero-order chi connectivity index (χ0) is 16.9. The van der Waals surface area contributed by atoms with Crippen LogP contribution in [0.3, 0.4) is 0 Å². The summed E-state index contributed by atoms with van der Waals surface area (Å²) in [4.78, 5) is 25.0. The summed E-state index contributed by atoms with van der Waals surface area (Å²) in [6.45, 7) is 4.05. The molecule has 0 spiro atoms. The molecule has 0 bridgehead atoms. The molecule has 0 unspecified atom stereocenters. The summed E-state index contributed by atoms with van der Waals surface area (Å²) in [6, 6.07) is 6.63. The molecule has 2 heterocycles. The van der Waals surface area contributed by atoms with E-state index >= 15 is 0 Å². The van der Waals surface area contributed by atoms with Crippen LogP contribution in [-0.4, -0.2) is 55.3 Å². The maximum Gasteiger partial charge on any atom is 0.324 e. The Kier molecular flexibility index (Phi) is 5.20. The number of benzene rings is 1. The topological polar surface area (TPSA) is 79.9 Å². The molecule has 2 N–H and O–H groups in total. The fourth-order valence-electron chi connectivity index (χ4n) is 2.84. The van der Waals surface area contributed by atoms with Gasteiger partial charge in [0.1, 0.15) is 18.4 Å². The molecule has 1 aromatic rings. The van der Waals surface area contributed by atoms with Gasteiger partial charge < -0.3 is 20.1 Å². The van der Waals surface area contributed by atoms with Crippen LogP contribution in [0.15, 0.2) is 24.3 Å². The molecule has 0 aliphatic carbocycles. The van der Waals surface area contributed by atoms with Crippen LogP contribution in [0.1, 0.15) is 19.8 Å². The van der Waals surface area contributed by atoms with Gasteiger partial charge in [-0.25, -0.2) is 4.79 Å². The molecule has 130 valence electrons. The third-order valence-corrected chi connectivity index (χ3v) is 4.19. The molecule has 3 rings (SSSR count). The SMILES string of the molecule is C[C@H](Nc1ccc(OC[C@H]2CCCO2)cc1)C(=O)N1CCNC1=O. The Labute approximate surface area is 141 Å². The highest BCUT2D eigenvalue weighted by Crippen LogP contribution is 2.19. The van der Waals surface area contributed by atoms with Crippen molar-refractivity contribution in [2.75, 3.05) is 31.6 Å². The molecule has 3 amide bonds. The van der Waals surface area contributed by atoms with Crippen molar-refractivity contribution in [3.05, 3.63) is 24.3 Å². The number of ether oxygens (including phenoxy) is 2. The van der Waals surface area contributed by atoms with Gasteiger partial charge in [-0.2, -0.15) is 0 Å². The fraction of sp³-hybridized carbons (Fsp3) is 0.529. The van der Waals surface area contributed by atoms with E-state index in [9.17, 15) is 9.59 Å². The van der Waals surface area contributed by atoms with Gasteiger partial charge in [0.2, 0.25) is 0 Å². The van der Waals surface area contributed by atoms with Gasteiger partial charge in [0, 0.05) is 25.4 Å². The molecule has 2 aliphatic rings. The van der Waals surface area contributed by atoms with Crippen LogP contribution in [0.2, 0.25) is 0 Å². The Morgan fingerprint density at radius 2 is 2.25 bits per heavy atom. The van der Waals surface area contributed by atoms with Gasteiger partial charge >= 0.3 is 6.03 Å². The number of nitrogens with one attached hydrogen (secondary N) is 2. The Bertz CT molecular complexity index is 584. The van der Waals surface area contributed by atoms with Gasteiger partial charge in [0.15, 0.2) is 0 Å². The summed E-state index contributed by atoms with van der Waals surface area (Å²) in [6.07, 6.45) is 2.33. The highest BCUT2D eigenvalue weighted by atomic mass is 16.5.